The van der Waals surface area contributed by atoms with Crippen LogP contribution in [0.3, 0.4) is 0 Å². The van der Waals surface area contributed by atoms with Crippen LogP contribution in [-0.2, 0) is 20.5 Å². The number of hydrogen-bond donors (Lipinski definition) is 0. The maximum absolute atomic E-state index is 13.4. The number of amides is 1. The average Bonchev–Trinajstić information content (AvgIpc) is 3.42. The van der Waals surface area contributed by atoms with E-state index in [1.54, 1.807) is 24.3 Å². The van der Waals surface area contributed by atoms with Gasteiger partial charge < -0.3 is 18.8 Å². The quantitative estimate of drug-likeness (QED) is 0.219. The van der Waals surface area contributed by atoms with E-state index in [0.29, 0.717) is 11.4 Å². The molecule has 0 bridgehead atoms. The van der Waals surface area contributed by atoms with Gasteiger partial charge in [-0.25, -0.2) is 0 Å². The molecule has 192 valence electrons. The molecule has 4 rings (SSSR count). The number of carbonyl (C=O) groups excluding carboxylic acids is 2. The summed E-state index contributed by atoms with van der Waals surface area (Å²) in [6.45, 7) is -0.348. The number of rotatable bonds is 6. The van der Waals surface area contributed by atoms with Gasteiger partial charge in [-0.05, 0) is 66.8 Å². The van der Waals surface area contributed by atoms with Gasteiger partial charge in [-0.3, -0.25) is 14.5 Å². The number of furan rings is 1. The highest BCUT2D eigenvalue weighted by Gasteiger charge is 2.40. The van der Waals surface area contributed by atoms with Crippen molar-refractivity contribution in [2.24, 2.45) is 0 Å². The first-order chi connectivity index (χ1) is 17.5. The van der Waals surface area contributed by atoms with E-state index < -0.39 is 28.6 Å². The lowest BCUT2D eigenvalue weighted by atomic mass is 10.1. The Morgan fingerprint density at radius 2 is 1.81 bits per heavy atom. The van der Waals surface area contributed by atoms with Crippen molar-refractivity contribution >= 4 is 52.6 Å². The molecule has 0 atom stereocenters. The standard InChI is InChI=1S/C25H18ClF3N2O5S/c1-34-16-6-4-15(5-7-16)31-23(33)20(30(24(31)37)13-22(32)35-2)12-17-8-10-21(36-17)14-3-9-19(26)18(11-14)25(27,28)29/h3-12H,13H2,1-2H3/b20-12-. The van der Waals surface area contributed by atoms with Gasteiger partial charge in [0.15, 0.2) is 5.11 Å². The topological polar surface area (TPSA) is 72.2 Å². The lowest BCUT2D eigenvalue weighted by Crippen LogP contribution is -2.35. The summed E-state index contributed by atoms with van der Waals surface area (Å²) in [5.41, 5.74) is -0.408. The summed E-state index contributed by atoms with van der Waals surface area (Å²) in [6.07, 6.45) is -3.29. The van der Waals surface area contributed by atoms with Gasteiger partial charge in [-0.15, -0.1) is 0 Å². The fourth-order valence-electron chi connectivity index (χ4n) is 3.60. The molecule has 0 N–H and O–H groups in total. The largest absolute Gasteiger partial charge is 0.497 e. The first-order valence-corrected chi connectivity index (χ1v) is 11.4. The van der Waals surface area contributed by atoms with Crippen molar-refractivity contribution in [1.29, 1.82) is 0 Å². The van der Waals surface area contributed by atoms with Crippen molar-refractivity contribution in [3.8, 4) is 17.1 Å². The molecule has 1 saturated heterocycles. The zero-order chi connectivity index (χ0) is 26.9. The van der Waals surface area contributed by atoms with Gasteiger partial charge in [0.25, 0.3) is 5.91 Å². The molecule has 1 aliphatic rings. The monoisotopic (exact) mass is 550 g/mol. The van der Waals surface area contributed by atoms with Crippen molar-refractivity contribution in [2.45, 2.75) is 6.18 Å². The molecular weight excluding hydrogens is 533 g/mol. The van der Waals surface area contributed by atoms with Gasteiger partial charge >= 0.3 is 12.1 Å². The molecule has 2 heterocycles. The zero-order valence-corrected chi connectivity index (χ0v) is 20.9. The second kappa shape index (κ2) is 10.3. The number of halogens is 4. The summed E-state index contributed by atoms with van der Waals surface area (Å²) in [7, 11) is 2.71. The first kappa shape index (κ1) is 26.2. The maximum atomic E-state index is 13.4. The molecule has 1 aromatic heterocycles. The summed E-state index contributed by atoms with van der Waals surface area (Å²) in [5, 5.41) is -0.404. The van der Waals surface area contributed by atoms with Crippen LogP contribution in [0.2, 0.25) is 5.02 Å². The number of esters is 1. The average molecular weight is 551 g/mol. The zero-order valence-electron chi connectivity index (χ0n) is 19.3. The number of carbonyl (C=O) groups is 2. The van der Waals surface area contributed by atoms with E-state index in [-0.39, 0.29) is 34.4 Å². The van der Waals surface area contributed by atoms with Crippen LogP contribution in [0, 0.1) is 0 Å². The normalized spacial score (nSPS) is 15.0. The number of methoxy groups -OCH3 is 2. The Morgan fingerprint density at radius 3 is 2.43 bits per heavy atom. The van der Waals surface area contributed by atoms with E-state index in [1.807, 2.05) is 0 Å². The van der Waals surface area contributed by atoms with Crippen LogP contribution in [-0.4, -0.2) is 42.7 Å². The van der Waals surface area contributed by atoms with Crippen molar-refractivity contribution in [3.63, 3.8) is 0 Å². The smallest absolute Gasteiger partial charge is 0.417 e. The lowest BCUT2D eigenvalue weighted by Gasteiger charge is -2.19. The minimum Gasteiger partial charge on any atom is -0.497 e. The van der Waals surface area contributed by atoms with Crippen LogP contribution < -0.4 is 9.64 Å². The third-order valence-corrected chi connectivity index (χ3v) is 6.18. The summed E-state index contributed by atoms with van der Waals surface area (Å²) >= 11 is 11.2. The minimum atomic E-state index is -4.64. The van der Waals surface area contributed by atoms with E-state index >= 15 is 0 Å². The highest BCUT2D eigenvalue weighted by Crippen LogP contribution is 2.38. The second-order valence-corrected chi connectivity index (χ2v) is 8.48. The number of hydrogen-bond acceptors (Lipinski definition) is 6. The van der Waals surface area contributed by atoms with Gasteiger partial charge in [0.1, 0.15) is 29.5 Å². The number of ether oxygens (including phenoxy) is 2. The van der Waals surface area contributed by atoms with Crippen molar-refractivity contribution < 1.29 is 36.7 Å². The number of thiocarbonyl (C=S) groups is 1. The molecule has 1 fully saturated rings. The van der Waals surface area contributed by atoms with Crippen LogP contribution >= 0.6 is 23.8 Å². The van der Waals surface area contributed by atoms with Gasteiger partial charge in [0, 0.05) is 11.6 Å². The Balaban J connectivity index is 1.71. The van der Waals surface area contributed by atoms with Gasteiger partial charge in [-0.1, -0.05) is 11.6 Å². The van der Waals surface area contributed by atoms with Gasteiger partial charge in [0.2, 0.25) is 0 Å². The Bertz CT molecular complexity index is 1400. The van der Waals surface area contributed by atoms with E-state index in [2.05, 4.69) is 0 Å². The van der Waals surface area contributed by atoms with E-state index in [1.165, 1.54) is 48.3 Å². The molecule has 1 aliphatic heterocycles. The molecule has 1 amide bonds. The molecule has 0 saturated carbocycles. The predicted octanol–water partition coefficient (Wildman–Crippen LogP) is 5.78. The molecule has 2 aromatic carbocycles. The summed E-state index contributed by atoms with van der Waals surface area (Å²) in [5.74, 6) is -0.339. The molecule has 0 spiro atoms. The third kappa shape index (κ3) is 5.32. The number of anilines is 1. The van der Waals surface area contributed by atoms with E-state index in [0.717, 1.165) is 12.1 Å². The molecule has 37 heavy (non-hydrogen) atoms. The van der Waals surface area contributed by atoms with Crippen LogP contribution in [0.15, 0.2) is 64.7 Å². The van der Waals surface area contributed by atoms with Crippen LogP contribution in [0.25, 0.3) is 17.4 Å². The van der Waals surface area contributed by atoms with Crippen LogP contribution in [0.4, 0.5) is 18.9 Å². The molecule has 12 heteroatoms. The highest BCUT2D eigenvalue weighted by molar-refractivity contribution is 7.80. The summed E-state index contributed by atoms with van der Waals surface area (Å²) < 4.78 is 55.4. The van der Waals surface area contributed by atoms with Gasteiger partial charge in [0.05, 0.1) is 30.5 Å². The minimum absolute atomic E-state index is 0.0132. The number of nitrogens with zero attached hydrogens (tertiary/aromatic N) is 2. The Kier molecular flexibility index (Phi) is 7.28. The fourth-order valence-corrected chi connectivity index (χ4v) is 4.18. The number of benzene rings is 2. The molecule has 3 aromatic rings. The molecule has 7 nitrogen and oxygen atoms in total. The Labute approximate surface area is 219 Å². The van der Waals surface area contributed by atoms with Crippen LogP contribution in [0.5, 0.6) is 5.75 Å². The van der Waals surface area contributed by atoms with E-state index in [9.17, 15) is 22.8 Å². The first-order valence-electron chi connectivity index (χ1n) is 10.6. The van der Waals surface area contributed by atoms with Crippen molar-refractivity contribution in [2.75, 3.05) is 25.7 Å². The third-order valence-electron chi connectivity index (χ3n) is 5.44. The lowest BCUT2D eigenvalue weighted by molar-refractivity contribution is -0.140. The SMILES string of the molecule is COC(=O)CN1C(=S)N(c2ccc(OC)cc2)C(=O)/C1=C/c1ccc(-c2ccc(Cl)c(C(F)(F)F)c2)o1. The maximum Gasteiger partial charge on any atom is 0.417 e. The predicted molar refractivity (Wildman–Crippen MR) is 134 cm³/mol. The summed E-state index contributed by atoms with van der Waals surface area (Å²) in [6, 6.07) is 12.9. The van der Waals surface area contributed by atoms with Crippen molar-refractivity contribution in [3.05, 3.63) is 76.6 Å². The van der Waals surface area contributed by atoms with Gasteiger partial charge in [-0.2, -0.15) is 13.2 Å². The summed E-state index contributed by atoms with van der Waals surface area (Å²) in [4.78, 5) is 28.0. The number of alkyl halides is 3. The second-order valence-electron chi connectivity index (χ2n) is 7.71. The fraction of sp³-hybridized carbons (Fsp3) is 0.160. The van der Waals surface area contributed by atoms with Crippen molar-refractivity contribution in [1.82, 2.24) is 4.90 Å². The van der Waals surface area contributed by atoms with E-state index in [4.69, 9.17) is 37.7 Å². The Hall–Kier alpha value is -3.83. The molecule has 0 radical (unpaired) electrons. The molecular formula is C25H18ClF3N2O5S. The highest BCUT2D eigenvalue weighted by atomic mass is 35.5. The molecule has 0 unspecified atom stereocenters. The Morgan fingerprint density at radius 1 is 1.11 bits per heavy atom. The van der Waals surface area contributed by atoms with Crippen LogP contribution in [0.1, 0.15) is 11.3 Å². The molecule has 0 aliphatic carbocycles.